The molecular weight excluding hydrogens is 405 g/mol. The largest absolute Gasteiger partial charge is 0.357 e. The van der Waals surface area contributed by atoms with E-state index in [1.165, 1.54) is 0 Å². The lowest BCUT2D eigenvalue weighted by atomic mass is 9.96. The number of rotatable bonds is 4. The molecule has 0 saturated heterocycles. The molecular formula is C24H22FN7. The zero-order chi connectivity index (χ0) is 22.4. The molecule has 3 heterocycles. The topological polar surface area (TPSA) is 80.5 Å². The molecule has 0 aliphatic rings. The van der Waals surface area contributed by atoms with E-state index in [0.29, 0.717) is 23.1 Å². The number of aromatic nitrogens is 5. The van der Waals surface area contributed by atoms with Crippen molar-refractivity contribution in [2.24, 2.45) is 7.05 Å². The van der Waals surface area contributed by atoms with Crippen molar-refractivity contribution in [1.29, 1.82) is 0 Å². The summed E-state index contributed by atoms with van der Waals surface area (Å²) in [6.45, 7) is 3.83. The van der Waals surface area contributed by atoms with Crippen LogP contribution >= 0.6 is 0 Å². The van der Waals surface area contributed by atoms with Crippen molar-refractivity contribution in [3.8, 4) is 11.1 Å². The van der Waals surface area contributed by atoms with Crippen molar-refractivity contribution in [2.75, 3.05) is 17.7 Å². The van der Waals surface area contributed by atoms with Gasteiger partial charge in [-0.3, -0.25) is 4.68 Å². The summed E-state index contributed by atoms with van der Waals surface area (Å²) >= 11 is 0. The minimum Gasteiger partial charge on any atom is -0.357 e. The number of aryl methyl sites for hydroxylation is 3. The standard InChI is InChI=1S/C24H22FN7/c1-13-5-8-17-21(32(4)31-23(17)29-19-9-6-14(2)28-22(19)25)20(13)15-7-10-18-16(11-15)12-27-24(26-3)30-18/h5-12H,1-4H3,(H,29,31)(H,26,27,30). The zero-order valence-corrected chi connectivity index (χ0v) is 18.2. The molecule has 0 atom stereocenters. The molecule has 0 spiro atoms. The van der Waals surface area contributed by atoms with Crippen molar-refractivity contribution < 1.29 is 4.39 Å². The lowest BCUT2D eigenvalue weighted by Gasteiger charge is -2.11. The molecule has 8 heteroatoms. The average molecular weight is 427 g/mol. The minimum atomic E-state index is -0.549. The van der Waals surface area contributed by atoms with E-state index in [1.807, 2.05) is 30.1 Å². The lowest BCUT2D eigenvalue weighted by molar-refractivity contribution is 0.584. The Morgan fingerprint density at radius 1 is 1.00 bits per heavy atom. The highest BCUT2D eigenvalue weighted by Crippen LogP contribution is 2.37. The van der Waals surface area contributed by atoms with Crippen LogP contribution < -0.4 is 10.6 Å². The third-order valence-electron chi connectivity index (χ3n) is 5.55. The summed E-state index contributed by atoms with van der Waals surface area (Å²) < 4.78 is 16.2. The Morgan fingerprint density at radius 3 is 2.62 bits per heavy atom. The van der Waals surface area contributed by atoms with Gasteiger partial charge in [0.05, 0.1) is 16.7 Å². The molecule has 0 aliphatic heterocycles. The molecule has 0 saturated carbocycles. The number of benzene rings is 2. The van der Waals surface area contributed by atoms with Crippen LogP contribution in [0.25, 0.3) is 32.9 Å². The number of pyridine rings is 1. The van der Waals surface area contributed by atoms with Gasteiger partial charge in [0.25, 0.3) is 0 Å². The van der Waals surface area contributed by atoms with Crippen molar-refractivity contribution in [3.05, 3.63) is 65.9 Å². The van der Waals surface area contributed by atoms with Crippen LogP contribution in [0.2, 0.25) is 0 Å². The fourth-order valence-electron chi connectivity index (χ4n) is 3.98. The highest BCUT2D eigenvalue weighted by molar-refractivity contribution is 6.03. The van der Waals surface area contributed by atoms with E-state index in [9.17, 15) is 4.39 Å². The SMILES string of the molecule is CNc1ncc2cc(-c3c(C)ccc4c(Nc5ccc(C)nc5F)nn(C)c34)ccc2n1. The summed E-state index contributed by atoms with van der Waals surface area (Å²) in [5.74, 6) is 0.617. The van der Waals surface area contributed by atoms with E-state index < -0.39 is 5.95 Å². The van der Waals surface area contributed by atoms with Crippen LogP contribution in [0.15, 0.2) is 48.7 Å². The fraction of sp³-hybridized carbons (Fsp3) is 0.167. The summed E-state index contributed by atoms with van der Waals surface area (Å²) in [5.41, 5.74) is 5.96. The Hall–Kier alpha value is -4.07. The highest BCUT2D eigenvalue weighted by atomic mass is 19.1. The molecule has 32 heavy (non-hydrogen) atoms. The van der Waals surface area contributed by atoms with Gasteiger partial charge in [-0.1, -0.05) is 12.1 Å². The predicted molar refractivity (Wildman–Crippen MR) is 126 cm³/mol. The smallest absolute Gasteiger partial charge is 0.236 e. The second kappa shape index (κ2) is 7.56. The Morgan fingerprint density at radius 2 is 1.84 bits per heavy atom. The van der Waals surface area contributed by atoms with E-state index in [0.717, 1.165) is 38.5 Å². The number of nitrogens with one attached hydrogen (secondary N) is 2. The molecule has 3 aromatic heterocycles. The summed E-state index contributed by atoms with van der Waals surface area (Å²) in [4.78, 5) is 12.7. The van der Waals surface area contributed by atoms with Gasteiger partial charge in [0.1, 0.15) is 0 Å². The predicted octanol–water partition coefficient (Wildman–Crippen LogP) is 5.12. The molecule has 2 N–H and O–H groups in total. The maximum absolute atomic E-state index is 14.3. The molecule has 0 fully saturated rings. The Bertz CT molecular complexity index is 1490. The van der Waals surface area contributed by atoms with E-state index in [2.05, 4.69) is 55.8 Å². The number of fused-ring (bicyclic) bond motifs is 2. The molecule has 5 rings (SSSR count). The normalized spacial score (nSPS) is 11.3. The molecule has 2 aromatic carbocycles. The first-order valence-electron chi connectivity index (χ1n) is 10.3. The molecule has 7 nitrogen and oxygen atoms in total. The van der Waals surface area contributed by atoms with Gasteiger partial charge >= 0.3 is 0 Å². The quantitative estimate of drug-likeness (QED) is 0.388. The number of hydrogen-bond acceptors (Lipinski definition) is 6. The maximum atomic E-state index is 14.3. The number of nitrogens with zero attached hydrogens (tertiary/aromatic N) is 5. The first-order valence-corrected chi connectivity index (χ1v) is 10.3. The van der Waals surface area contributed by atoms with Crippen LogP contribution in [0.1, 0.15) is 11.3 Å². The third-order valence-corrected chi connectivity index (χ3v) is 5.55. The van der Waals surface area contributed by atoms with Crippen molar-refractivity contribution in [3.63, 3.8) is 0 Å². The van der Waals surface area contributed by atoms with Crippen LogP contribution in [0.3, 0.4) is 0 Å². The second-order valence-electron chi connectivity index (χ2n) is 7.76. The van der Waals surface area contributed by atoms with Gasteiger partial charge in [0.15, 0.2) is 5.82 Å². The Balaban J connectivity index is 1.65. The van der Waals surface area contributed by atoms with Gasteiger partial charge in [-0.2, -0.15) is 9.49 Å². The first kappa shape index (κ1) is 19.9. The fourth-order valence-corrected chi connectivity index (χ4v) is 3.98. The number of halogens is 1. The van der Waals surface area contributed by atoms with E-state index in [4.69, 9.17) is 0 Å². The monoisotopic (exact) mass is 427 g/mol. The lowest BCUT2D eigenvalue weighted by Crippen LogP contribution is -1.99. The number of hydrogen-bond donors (Lipinski definition) is 2. The summed E-state index contributed by atoms with van der Waals surface area (Å²) in [6, 6.07) is 13.6. The maximum Gasteiger partial charge on any atom is 0.236 e. The van der Waals surface area contributed by atoms with Gasteiger partial charge in [-0.25, -0.2) is 15.0 Å². The minimum absolute atomic E-state index is 0.293. The van der Waals surface area contributed by atoms with Gasteiger partial charge < -0.3 is 10.6 Å². The Kier molecular flexibility index (Phi) is 4.70. The first-order chi connectivity index (χ1) is 15.4. The molecule has 0 bridgehead atoms. The van der Waals surface area contributed by atoms with Crippen molar-refractivity contribution in [2.45, 2.75) is 13.8 Å². The molecule has 5 aromatic rings. The molecule has 0 unspecified atom stereocenters. The molecule has 160 valence electrons. The Labute approximate surface area is 184 Å². The highest BCUT2D eigenvalue weighted by Gasteiger charge is 2.17. The van der Waals surface area contributed by atoms with Crippen molar-refractivity contribution >= 4 is 39.3 Å². The van der Waals surface area contributed by atoms with E-state index in [1.54, 1.807) is 26.1 Å². The van der Waals surface area contributed by atoms with Crippen LogP contribution in [0, 0.1) is 19.8 Å². The van der Waals surface area contributed by atoms with Gasteiger partial charge in [0, 0.05) is 42.3 Å². The third kappa shape index (κ3) is 3.30. The summed E-state index contributed by atoms with van der Waals surface area (Å²) in [6.07, 6.45) is 1.82. The molecule has 0 amide bonds. The average Bonchev–Trinajstić information content (AvgIpc) is 3.10. The van der Waals surface area contributed by atoms with Crippen LogP contribution in [-0.4, -0.2) is 31.8 Å². The van der Waals surface area contributed by atoms with Crippen LogP contribution in [-0.2, 0) is 7.05 Å². The van der Waals surface area contributed by atoms with Crippen LogP contribution in [0.5, 0.6) is 0 Å². The summed E-state index contributed by atoms with van der Waals surface area (Å²) in [7, 11) is 3.69. The van der Waals surface area contributed by atoms with Gasteiger partial charge in [-0.05, 0) is 55.3 Å². The van der Waals surface area contributed by atoms with Gasteiger partial charge in [0.2, 0.25) is 11.9 Å². The molecule has 0 aliphatic carbocycles. The molecule has 0 radical (unpaired) electrons. The number of anilines is 3. The van der Waals surface area contributed by atoms with E-state index >= 15 is 0 Å². The second-order valence-corrected chi connectivity index (χ2v) is 7.76. The van der Waals surface area contributed by atoms with Crippen molar-refractivity contribution in [1.82, 2.24) is 24.7 Å². The zero-order valence-electron chi connectivity index (χ0n) is 18.2. The summed E-state index contributed by atoms with van der Waals surface area (Å²) in [5, 5.41) is 12.6. The van der Waals surface area contributed by atoms with Gasteiger partial charge in [-0.15, -0.1) is 0 Å². The van der Waals surface area contributed by atoms with Crippen LogP contribution in [0.4, 0.5) is 21.8 Å². The van der Waals surface area contributed by atoms with E-state index in [-0.39, 0.29) is 0 Å².